The van der Waals surface area contributed by atoms with Crippen LogP contribution in [0.5, 0.6) is 0 Å². The summed E-state index contributed by atoms with van der Waals surface area (Å²) in [5.41, 5.74) is 0. The second-order valence-corrected chi connectivity index (χ2v) is 4.35. The van der Waals surface area contributed by atoms with Gasteiger partial charge in [0.25, 0.3) is 0 Å². The van der Waals surface area contributed by atoms with E-state index in [1.807, 2.05) is 0 Å². The molecule has 0 aromatic carbocycles. The van der Waals surface area contributed by atoms with Crippen LogP contribution >= 0.6 is 0 Å². The number of hydrogen-bond acceptors (Lipinski definition) is 0. The highest BCUT2D eigenvalue weighted by Gasteiger charge is 2.54. The first kappa shape index (κ1) is 6.69. The Balaban J connectivity index is 2.09. The first-order valence-electron chi connectivity index (χ1n) is 4.75. The monoisotopic (exact) mass is 138 g/mol. The third-order valence-corrected chi connectivity index (χ3v) is 4.09. The van der Waals surface area contributed by atoms with E-state index in [4.69, 9.17) is 0 Å². The molecule has 2 aliphatic rings. The first-order chi connectivity index (χ1) is 4.75. The molecule has 0 heterocycles. The van der Waals surface area contributed by atoms with Crippen molar-refractivity contribution in [3.05, 3.63) is 0 Å². The van der Waals surface area contributed by atoms with Crippen molar-refractivity contribution in [1.82, 2.24) is 0 Å². The van der Waals surface area contributed by atoms with Gasteiger partial charge in [0.2, 0.25) is 0 Å². The highest BCUT2D eigenvalue weighted by atomic mass is 14.6. The fourth-order valence-corrected chi connectivity index (χ4v) is 3.18. The predicted molar refractivity (Wildman–Crippen MR) is 43.7 cm³/mol. The Labute approximate surface area is 64.0 Å². The van der Waals surface area contributed by atoms with Crippen LogP contribution < -0.4 is 0 Å². The Hall–Kier alpha value is 0. The van der Waals surface area contributed by atoms with E-state index in [0.29, 0.717) is 0 Å². The van der Waals surface area contributed by atoms with Crippen LogP contribution in [0.2, 0.25) is 0 Å². The van der Waals surface area contributed by atoms with E-state index in [9.17, 15) is 0 Å². The SMILES string of the molecule is CCC1C(C)C(C)C2CC12. The third kappa shape index (κ3) is 0.681. The molecule has 0 nitrogen and oxygen atoms in total. The van der Waals surface area contributed by atoms with Gasteiger partial charge in [-0.3, -0.25) is 0 Å². The van der Waals surface area contributed by atoms with Gasteiger partial charge >= 0.3 is 0 Å². The minimum absolute atomic E-state index is 1.02. The molecule has 0 amide bonds. The predicted octanol–water partition coefficient (Wildman–Crippen LogP) is 2.93. The van der Waals surface area contributed by atoms with Gasteiger partial charge in [0.05, 0.1) is 0 Å². The second-order valence-electron chi connectivity index (χ2n) is 4.35. The summed E-state index contributed by atoms with van der Waals surface area (Å²) in [6.45, 7) is 7.25. The van der Waals surface area contributed by atoms with E-state index in [1.165, 1.54) is 6.42 Å². The summed E-state index contributed by atoms with van der Waals surface area (Å²) < 4.78 is 0. The average molecular weight is 138 g/mol. The van der Waals surface area contributed by atoms with Crippen molar-refractivity contribution < 1.29 is 0 Å². The van der Waals surface area contributed by atoms with E-state index in [-0.39, 0.29) is 0 Å². The van der Waals surface area contributed by atoms with Crippen molar-refractivity contribution in [2.75, 3.05) is 0 Å². The maximum Gasteiger partial charge on any atom is -0.0349 e. The van der Waals surface area contributed by atoms with Gasteiger partial charge in [-0.1, -0.05) is 27.2 Å². The normalized spacial score (nSPS) is 58.5. The van der Waals surface area contributed by atoms with E-state index < -0.39 is 0 Å². The molecule has 0 aromatic heterocycles. The molecule has 0 N–H and O–H groups in total. The molecule has 0 heteroatoms. The van der Waals surface area contributed by atoms with Gasteiger partial charge in [0.1, 0.15) is 0 Å². The zero-order chi connectivity index (χ0) is 7.30. The van der Waals surface area contributed by atoms with Crippen molar-refractivity contribution in [3.8, 4) is 0 Å². The van der Waals surface area contributed by atoms with Gasteiger partial charge in [0, 0.05) is 0 Å². The molecule has 2 aliphatic carbocycles. The highest BCUT2D eigenvalue weighted by molar-refractivity contribution is 5.03. The fraction of sp³-hybridized carbons (Fsp3) is 1.00. The van der Waals surface area contributed by atoms with Gasteiger partial charge in [-0.05, 0) is 36.0 Å². The Morgan fingerprint density at radius 2 is 1.80 bits per heavy atom. The quantitative estimate of drug-likeness (QED) is 0.522. The van der Waals surface area contributed by atoms with Crippen LogP contribution in [0.25, 0.3) is 0 Å². The van der Waals surface area contributed by atoms with Crippen molar-refractivity contribution in [3.63, 3.8) is 0 Å². The Bertz CT molecular complexity index is 139. The highest BCUT2D eigenvalue weighted by Crippen LogP contribution is 2.61. The van der Waals surface area contributed by atoms with Crippen LogP contribution in [0, 0.1) is 29.6 Å². The van der Waals surface area contributed by atoms with Crippen molar-refractivity contribution in [2.45, 2.75) is 33.6 Å². The summed E-state index contributed by atoms with van der Waals surface area (Å²) in [5, 5.41) is 0. The third-order valence-electron chi connectivity index (χ3n) is 4.09. The standard InChI is InChI=1S/C10H18/c1-4-8-6(2)7(3)9-5-10(8)9/h6-10H,4-5H2,1-3H3. The number of rotatable bonds is 1. The van der Waals surface area contributed by atoms with Gasteiger partial charge in [0.15, 0.2) is 0 Å². The molecule has 2 saturated carbocycles. The molecule has 0 saturated heterocycles. The molecule has 2 fully saturated rings. The van der Waals surface area contributed by atoms with E-state index >= 15 is 0 Å². The van der Waals surface area contributed by atoms with Crippen LogP contribution in [0.4, 0.5) is 0 Å². The summed E-state index contributed by atoms with van der Waals surface area (Å²) in [7, 11) is 0. The summed E-state index contributed by atoms with van der Waals surface area (Å²) in [6.07, 6.45) is 2.98. The van der Waals surface area contributed by atoms with Crippen LogP contribution in [-0.4, -0.2) is 0 Å². The average Bonchev–Trinajstić information content (AvgIpc) is 2.63. The largest absolute Gasteiger partial charge is 0.0651 e. The maximum atomic E-state index is 2.45. The minimum atomic E-state index is 1.02. The van der Waals surface area contributed by atoms with Crippen LogP contribution in [0.3, 0.4) is 0 Å². The van der Waals surface area contributed by atoms with Gasteiger partial charge < -0.3 is 0 Å². The molecule has 0 radical (unpaired) electrons. The van der Waals surface area contributed by atoms with Crippen molar-refractivity contribution in [2.24, 2.45) is 29.6 Å². The molecular weight excluding hydrogens is 120 g/mol. The summed E-state index contributed by atoms with van der Waals surface area (Å²) in [5.74, 6) is 5.43. The first-order valence-corrected chi connectivity index (χ1v) is 4.75. The van der Waals surface area contributed by atoms with E-state index in [0.717, 1.165) is 29.6 Å². The molecule has 58 valence electrons. The van der Waals surface area contributed by atoms with Crippen LogP contribution in [0.1, 0.15) is 33.6 Å². The summed E-state index contributed by atoms with van der Waals surface area (Å²) in [4.78, 5) is 0. The van der Waals surface area contributed by atoms with E-state index in [2.05, 4.69) is 20.8 Å². The maximum absolute atomic E-state index is 2.45. The molecule has 0 aliphatic heterocycles. The summed E-state index contributed by atoms with van der Waals surface area (Å²) >= 11 is 0. The lowest BCUT2D eigenvalue weighted by atomic mass is 9.85. The number of fused-ring (bicyclic) bond motifs is 1. The smallest absolute Gasteiger partial charge is 0.0349 e. The number of hydrogen-bond donors (Lipinski definition) is 0. The lowest BCUT2D eigenvalue weighted by Gasteiger charge is -2.20. The zero-order valence-corrected chi connectivity index (χ0v) is 7.30. The molecule has 0 spiro atoms. The molecular formula is C10H18. The fourth-order valence-electron chi connectivity index (χ4n) is 3.18. The Morgan fingerprint density at radius 3 is 2.10 bits per heavy atom. The molecule has 5 atom stereocenters. The molecule has 0 bridgehead atoms. The van der Waals surface area contributed by atoms with Crippen LogP contribution in [0.15, 0.2) is 0 Å². The minimum Gasteiger partial charge on any atom is -0.0651 e. The molecule has 10 heavy (non-hydrogen) atoms. The molecule has 5 unspecified atom stereocenters. The van der Waals surface area contributed by atoms with Crippen molar-refractivity contribution >= 4 is 0 Å². The topological polar surface area (TPSA) is 0 Å². The molecule has 2 rings (SSSR count). The lowest BCUT2D eigenvalue weighted by Crippen LogP contribution is -2.13. The van der Waals surface area contributed by atoms with Gasteiger partial charge in [-0.25, -0.2) is 0 Å². The van der Waals surface area contributed by atoms with E-state index in [1.54, 1.807) is 6.42 Å². The lowest BCUT2D eigenvalue weighted by molar-refractivity contribution is 0.291. The van der Waals surface area contributed by atoms with Crippen LogP contribution in [-0.2, 0) is 0 Å². The zero-order valence-electron chi connectivity index (χ0n) is 7.30. The van der Waals surface area contributed by atoms with Gasteiger partial charge in [-0.15, -0.1) is 0 Å². The Kier molecular flexibility index (Phi) is 1.33. The summed E-state index contributed by atoms with van der Waals surface area (Å²) in [6, 6.07) is 0. The Morgan fingerprint density at radius 1 is 1.10 bits per heavy atom. The second kappa shape index (κ2) is 1.99. The molecule has 0 aromatic rings. The van der Waals surface area contributed by atoms with Gasteiger partial charge in [-0.2, -0.15) is 0 Å². The van der Waals surface area contributed by atoms with Crippen molar-refractivity contribution in [1.29, 1.82) is 0 Å².